The first-order valence-electron chi connectivity index (χ1n) is 6.01. The van der Waals surface area contributed by atoms with Crippen LogP contribution in [0.3, 0.4) is 0 Å². The molecule has 1 heterocycles. The number of nitrogens with one attached hydrogen (secondary N) is 1. The Morgan fingerprint density at radius 1 is 1.44 bits per heavy atom. The minimum atomic E-state index is -0.293. The van der Waals surface area contributed by atoms with Crippen LogP contribution in [-0.2, 0) is 9.53 Å². The molecule has 4 nitrogen and oxygen atoms in total. The molecule has 0 saturated carbocycles. The molecule has 1 amide bonds. The summed E-state index contributed by atoms with van der Waals surface area (Å²) < 4.78 is 18.1. The Morgan fingerprint density at radius 2 is 2.17 bits per heavy atom. The molecular formula is C13H17FN2O2. The maximum absolute atomic E-state index is 12.9. The lowest BCUT2D eigenvalue weighted by atomic mass is 10.2. The average Bonchev–Trinajstić information content (AvgIpc) is 2.34. The second-order valence-corrected chi connectivity index (χ2v) is 4.40. The van der Waals surface area contributed by atoms with E-state index in [2.05, 4.69) is 5.32 Å². The largest absolute Gasteiger partial charge is 0.379 e. The van der Waals surface area contributed by atoms with E-state index in [1.54, 1.807) is 13.0 Å². The van der Waals surface area contributed by atoms with Crippen molar-refractivity contribution in [2.75, 3.05) is 38.2 Å². The molecule has 1 aliphatic rings. The highest BCUT2D eigenvalue weighted by Crippen LogP contribution is 2.15. The van der Waals surface area contributed by atoms with E-state index < -0.39 is 0 Å². The van der Waals surface area contributed by atoms with Crippen molar-refractivity contribution in [1.29, 1.82) is 0 Å². The van der Waals surface area contributed by atoms with Crippen LogP contribution in [0.1, 0.15) is 5.56 Å². The SMILES string of the molecule is Cc1cc(F)ccc1NC(=O)CN1CCOCC1. The number of amides is 1. The molecule has 98 valence electrons. The molecule has 1 aromatic carbocycles. The molecule has 0 spiro atoms. The highest BCUT2D eigenvalue weighted by Gasteiger charge is 2.14. The zero-order valence-corrected chi connectivity index (χ0v) is 10.4. The van der Waals surface area contributed by atoms with Crippen LogP contribution in [0.2, 0.25) is 0 Å². The number of anilines is 1. The van der Waals surface area contributed by atoms with Gasteiger partial charge < -0.3 is 10.1 Å². The number of carbonyl (C=O) groups excluding carboxylic acids is 1. The van der Waals surface area contributed by atoms with E-state index in [1.165, 1.54) is 12.1 Å². The average molecular weight is 252 g/mol. The molecule has 0 bridgehead atoms. The first-order valence-corrected chi connectivity index (χ1v) is 6.01. The number of hydrogen-bond acceptors (Lipinski definition) is 3. The maximum Gasteiger partial charge on any atom is 0.238 e. The summed E-state index contributed by atoms with van der Waals surface area (Å²) in [6.45, 7) is 5.00. The fourth-order valence-corrected chi connectivity index (χ4v) is 1.92. The number of hydrogen-bond donors (Lipinski definition) is 1. The van der Waals surface area contributed by atoms with Gasteiger partial charge in [-0.25, -0.2) is 4.39 Å². The smallest absolute Gasteiger partial charge is 0.238 e. The van der Waals surface area contributed by atoms with Crippen molar-refractivity contribution in [2.45, 2.75) is 6.92 Å². The summed E-state index contributed by atoms with van der Waals surface area (Å²) in [5.74, 6) is -0.370. The second kappa shape index (κ2) is 5.93. The highest BCUT2D eigenvalue weighted by atomic mass is 19.1. The van der Waals surface area contributed by atoms with Crippen molar-refractivity contribution in [3.63, 3.8) is 0 Å². The molecule has 5 heteroatoms. The van der Waals surface area contributed by atoms with Gasteiger partial charge in [0.15, 0.2) is 0 Å². The van der Waals surface area contributed by atoms with Gasteiger partial charge in [-0.05, 0) is 30.7 Å². The van der Waals surface area contributed by atoms with Crippen molar-refractivity contribution in [3.05, 3.63) is 29.6 Å². The molecule has 0 aromatic heterocycles. The number of aryl methyl sites for hydroxylation is 1. The van der Waals surface area contributed by atoms with Crippen LogP contribution < -0.4 is 5.32 Å². The second-order valence-electron chi connectivity index (χ2n) is 4.40. The molecule has 18 heavy (non-hydrogen) atoms. The normalized spacial score (nSPS) is 16.6. The summed E-state index contributed by atoms with van der Waals surface area (Å²) in [5, 5.41) is 2.80. The van der Waals surface area contributed by atoms with E-state index in [1.807, 2.05) is 4.90 Å². The summed E-state index contributed by atoms with van der Waals surface area (Å²) in [6, 6.07) is 4.34. The van der Waals surface area contributed by atoms with E-state index in [0.29, 0.717) is 25.4 Å². The molecule has 0 radical (unpaired) electrons. The van der Waals surface area contributed by atoms with E-state index in [9.17, 15) is 9.18 Å². The van der Waals surface area contributed by atoms with Crippen LogP contribution in [0.25, 0.3) is 0 Å². The fraction of sp³-hybridized carbons (Fsp3) is 0.462. The molecule has 0 atom stereocenters. The Balaban J connectivity index is 1.90. The molecule has 0 aliphatic carbocycles. The quantitative estimate of drug-likeness (QED) is 0.884. The summed E-state index contributed by atoms with van der Waals surface area (Å²) in [6.07, 6.45) is 0. The third-order valence-corrected chi connectivity index (χ3v) is 2.93. The van der Waals surface area contributed by atoms with Crippen LogP contribution in [0.5, 0.6) is 0 Å². The molecule has 1 aliphatic heterocycles. The van der Waals surface area contributed by atoms with Gasteiger partial charge in [-0.2, -0.15) is 0 Å². The number of ether oxygens (including phenoxy) is 1. The van der Waals surface area contributed by atoms with Crippen molar-refractivity contribution in [1.82, 2.24) is 4.90 Å². The topological polar surface area (TPSA) is 41.6 Å². The van der Waals surface area contributed by atoms with E-state index in [-0.39, 0.29) is 11.7 Å². The van der Waals surface area contributed by atoms with Crippen molar-refractivity contribution in [2.24, 2.45) is 0 Å². The molecule has 1 saturated heterocycles. The monoisotopic (exact) mass is 252 g/mol. The van der Waals surface area contributed by atoms with Gasteiger partial charge in [0.2, 0.25) is 5.91 Å². The van der Waals surface area contributed by atoms with Gasteiger partial charge in [0.05, 0.1) is 19.8 Å². The van der Waals surface area contributed by atoms with Gasteiger partial charge in [0, 0.05) is 18.8 Å². The number of halogens is 1. The van der Waals surface area contributed by atoms with Crippen LogP contribution in [-0.4, -0.2) is 43.7 Å². The summed E-state index contributed by atoms with van der Waals surface area (Å²) in [7, 11) is 0. The van der Waals surface area contributed by atoms with Crippen molar-refractivity contribution >= 4 is 11.6 Å². The summed E-state index contributed by atoms with van der Waals surface area (Å²) in [4.78, 5) is 13.9. The Bertz CT molecular complexity index is 431. The minimum absolute atomic E-state index is 0.0772. The minimum Gasteiger partial charge on any atom is -0.379 e. The molecule has 2 rings (SSSR count). The number of carbonyl (C=O) groups is 1. The van der Waals surface area contributed by atoms with E-state index in [0.717, 1.165) is 18.7 Å². The highest BCUT2D eigenvalue weighted by molar-refractivity contribution is 5.92. The third-order valence-electron chi connectivity index (χ3n) is 2.93. The standard InChI is InChI=1S/C13H17FN2O2/c1-10-8-11(14)2-3-12(10)15-13(17)9-16-4-6-18-7-5-16/h2-3,8H,4-7,9H2,1H3,(H,15,17). The van der Waals surface area contributed by atoms with Crippen LogP contribution in [0, 0.1) is 12.7 Å². The number of rotatable bonds is 3. The van der Waals surface area contributed by atoms with Crippen LogP contribution >= 0.6 is 0 Å². The number of morpholine rings is 1. The van der Waals surface area contributed by atoms with E-state index in [4.69, 9.17) is 4.74 Å². The van der Waals surface area contributed by atoms with Gasteiger partial charge in [-0.15, -0.1) is 0 Å². The zero-order chi connectivity index (χ0) is 13.0. The molecule has 1 fully saturated rings. The number of benzene rings is 1. The van der Waals surface area contributed by atoms with Gasteiger partial charge in [0.1, 0.15) is 5.82 Å². The summed E-state index contributed by atoms with van der Waals surface area (Å²) in [5.41, 5.74) is 1.39. The van der Waals surface area contributed by atoms with Crippen LogP contribution in [0.4, 0.5) is 10.1 Å². The first-order chi connectivity index (χ1) is 8.65. The predicted molar refractivity (Wildman–Crippen MR) is 67.0 cm³/mol. The Kier molecular flexibility index (Phi) is 4.28. The first kappa shape index (κ1) is 13.0. The fourth-order valence-electron chi connectivity index (χ4n) is 1.92. The zero-order valence-electron chi connectivity index (χ0n) is 10.4. The maximum atomic E-state index is 12.9. The molecule has 1 aromatic rings. The Morgan fingerprint density at radius 3 is 2.83 bits per heavy atom. The third kappa shape index (κ3) is 3.51. The predicted octanol–water partition coefficient (Wildman–Crippen LogP) is 1.40. The molecule has 1 N–H and O–H groups in total. The van der Waals surface area contributed by atoms with Crippen LogP contribution in [0.15, 0.2) is 18.2 Å². The van der Waals surface area contributed by atoms with Gasteiger partial charge in [-0.3, -0.25) is 9.69 Å². The van der Waals surface area contributed by atoms with Gasteiger partial charge in [-0.1, -0.05) is 0 Å². The van der Waals surface area contributed by atoms with E-state index >= 15 is 0 Å². The van der Waals surface area contributed by atoms with Crippen molar-refractivity contribution in [3.8, 4) is 0 Å². The Labute approximate surface area is 106 Å². The lowest BCUT2D eigenvalue weighted by Crippen LogP contribution is -2.41. The van der Waals surface area contributed by atoms with Crippen molar-refractivity contribution < 1.29 is 13.9 Å². The molecule has 0 unspecified atom stereocenters. The number of nitrogens with zero attached hydrogens (tertiary/aromatic N) is 1. The molecular weight excluding hydrogens is 235 g/mol. The lowest BCUT2D eigenvalue weighted by Gasteiger charge is -2.25. The lowest BCUT2D eigenvalue weighted by molar-refractivity contribution is -0.118. The Hall–Kier alpha value is -1.46. The van der Waals surface area contributed by atoms with Gasteiger partial charge in [0.25, 0.3) is 0 Å². The summed E-state index contributed by atoms with van der Waals surface area (Å²) >= 11 is 0. The van der Waals surface area contributed by atoms with Gasteiger partial charge >= 0.3 is 0 Å².